The normalized spacial score (nSPS) is 12.2. The lowest BCUT2D eigenvalue weighted by molar-refractivity contribution is -0.485. The number of anilines is 1. The summed E-state index contributed by atoms with van der Waals surface area (Å²) in [6, 6.07) is 3.15. The molecule has 0 saturated heterocycles. The number of hydrogen-bond donors (Lipinski definition) is 5. The first-order valence-corrected chi connectivity index (χ1v) is 8.77. The zero-order valence-corrected chi connectivity index (χ0v) is 17.6. The molecule has 1 aromatic carbocycles. The Kier molecular flexibility index (Phi) is 11.1. The van der Waals surface area contributed by atoms with Gasteiger partial charge in [0.25, 0.3) is 5.96 Å². The third-order valence-electron chi connectivity index (χ3n) is 3.20. The number of carbonyl (C=O) groups excluding carboxylic acids is 1. The fraction of sp³-hybridized carbons (Fsp3) is 0.385. The van der Waals surface area contributed by atoms with Gasteiger partial charge < -0.3 is 27.8 Å². The average Bonchev–Trinajstić information content (AvgIpc) is 2.50. The first-order valence-electron chi connectivity index (χ1n) is 7.19. The fourth-order valence-corrected chi connectivity index (χ4v) is 3.25. The zero-order chi connectivity index (χ0) is 19.0. The second kappa shape index (κ2) is 11.9. The van der Waals surface area contributed by atoms with Crippen LogP contribution in [0.2, 0.25) is 0 Å². The van der Waals surface area contributed by atoms with Crippen molar-refractivity contribution >= 4 is 61.8 Å². The largest absolute Gasteiger partial charge is 0.397 e. The topological polar surface area (TPSA) is 175 Å². The molecule has 0 radical (unpaired) electrons. The van der Waals surface area contributed by atoms with Crippen molar-refractivity contribution in [1.82, 2.24) is 10.6 Å². The van der Waals surface area contributed by atoms with Crippen molar-refractivity contribution in [3.8, 4) is 0 Å². The molecule has 0 bridgehead atoms. The number of hydrogen-bond acceptors (Lipinski definition) is 5. The number of nitrogens with two attached hydrogens (primary N) is 3. The van der Waals surface area contributed by atoms with Crippen molar-refractivity contribution in [2.24, 2.45) is 16.6 Å². The summed E-state index contributed by atoms with van der Waals surface area (Å²) in [5, 5.41) is 17.8. The summed E-state index contributed by atoms with van der Waals surface area (Å²) in [4.78, 5) is 21.7. The summed E-state index contributed by atoms with van der Waals surface area (Å²) in [5.74, 6) is -0.773. The zero-order valence-electron chi connectivity index (χ0n) is 13.6. The minimum absolute atomic E-state index is 0. The number of primary amides is 1. The van der Waals surface area contributed by atoms with E-state index in [2.05, 4.69) is 47.6 Å². The van der Waals surface area contributed by atoms with Crippen LogP contribution in [0.1, 0.15) is 18.4 Å². The van der Waals surface area contributed by atoms with Gasteiger partial charge in [-0.05, 0) is 62.4 Å². The average molecular weight is 518 g/mol. The van der Waals surface area contributed by atoms with Crippen molar-refractivity contribution < 1.29 is 9.83 Å². The molecule has 0 spiro atoms. The van der Waals surface area contributed by atoms with E-state index in [1.54, 1.807) is 0 Å². The lowest BCUT2D eigenvalue weighted by atomic mass is 10.1. The summed E-state index contributed by atoms with van der Waals surface area (Å²) < 4.78 is 1.50. The number of halogens is 3. The summed E-state index contributed by atoms with van der Waals surface area (Å²) in [6.07, 6.45) is 0.953. The van der Waals surface area contributed by atoms with Gasteiger partial charge in [-0.3, -0.25) is 4.79 Å². The van der Waals surface area contributed by atoms with Crippen LogP contribution in [0.25, 0.3) is 0 Å². The highest BCUT2D eigenvalue weighted by atomic mass is 79.9. The van der Waals surface area contributed by atoms with E-state index in [1.807, 2.05) is 12.1 Å². The van der Waals surface area contributed by atoms with Gasteiger partial charge in [0.05, 0.1) is 11.7 Å². The number of nitrogens with zero attached hydrogens (tertiary/aromatic N) is 2. The number of rotatable bonds is 9. The number of nitrogens with one attached hydrogen (secondary N) is 2. The molecule has 8 N–H and O–H groups in total. The fourth-order valence-electron chi connectivity index (χ4n) is 1.97. The van der Waals surface area contributed by atoms with Gasteiger partial charge in [-0.1, -0.05) is 0 Å². The molecule has 0 heterocycles. The van der Waals surface area contributed by atoms with E-state index < -0.39 is 17.0 Å². The van der Waals surface area contributed by atoms with Crippen LogP contribution in [0.4, 0.5) is 5.69 Å². The molecule has 146 valence electrons. The Hall–Kier alpha value is -1.63. The van der Waals surface area contributed by atoms with E-state index in [1.165, 1.54) is 0 Å². The predicted octanol–water partition coefficient (Wildman–Crippen LogP) is 1.04. The minimum Gasteiger partial charge on any atom is -0.397 e. The van der Waals surface area contributed by atoms with Gasteiger partial charge in [0.2, 0.25) is 5.91 Å². The van der Waals surface area contributed by atoms with Gasteiger partial charge in [0.15, 0.2) is 5.03 Å². The van der Waals surface area contributed by atoms with Crippen molar-refractivity contribution in [2.45, 2.75) is 25.4 Å². The maximum Gasteiger partial charge on any atom is 0.266 e. The summed E-state index contributed by atoms with van der Waals surface area (Å²) >= 11 is 6.72. The molecule has 0 unspecified atom stereocenters. The Morgan fingerprint density at radius 2 is 1.88 bits per heavy atom. The molecule has 1 aromatic rings. The van der Waals surface area contributed by atoms with E-state index in [-0.39, 0.29) is 18.4 Å². The lowest BCUT2D eigenvalue weighted by Gasteiger charge is -2.16. The highest BCUT2D eigenvalue weighted by molar-refractivity contribution is 9.11. The van der Waals surface area contributed by atoms with Crippen molar-refractivity contribution in [1.29, 1.82) is 0 Å². The van der Waals surface area contributed by atoms with Gasteiger partial charge in [-0.15, -0.1) is 12.4 Å². The molecular weight excluding hydrogens is 497 g/mol. The van der Waals surface area contributed by atoms with E-state index in [0.29, 0.717) is 31.6 Å². The maximum absolute atomic E-state index is 11.5. The van der Waals surface area contributed by atoms with Crippen molar-refractivity contribution in [2.75, 3.05) is 12.3 Å². The summed E-state index contributed by atoms with van der Waals surface area (Å²) in [5.41, 5.74) is 18.0. The van der Waals surface area contributed by atoms with Crippen LogP contribution in [-0.4, -0.2) is 29.5 Å². The molecule has 0 saturated carbocycles. The first kappa shape index (κ1) is 24.4. The van der Waals surface area contributed by atoms with Crippen LogP contribution < -0.4 is 27.8 Å². The monoisotopic (exact) mass is 515 g/mol. The van der Waals surface area contributed by atoms with Crippen molar-refractivity contribution in [3.63, 3.8) is 0 Å². The highest BCUT2D eigenvalue weighted by Gasteiger charge is 2.15. The van der Waals surface area contributed by atoms with Gasteiger partial charge in [-0.2, -0.15) is 0 Å². The summed E-state index contributed by atoms with van der Waals surface area (Å²) in [6.45, 7) is 0.747. The van der Waals surface area contributed by atoms with E-state index in [9.17, 15) is 14.9 Å². The van der Waals surface area contributed by atoms with Crippen LogP contribution in [0, 0.1) is 10.1 Å². The van der Waals surface area contributed by atoms with Crippen LogP contribution in [0.15, 0.2) is 26.2 Å². The standard InChI is InChI=1S/C13H19Br2N7O3.ClH/c14-8-4-7(5-9(15)11(8)16)6-20-10(12(17)23)2-1-3-19-13(18)21-22(24)25;/h4-5,10,20H,1-3,6,16H2,(H2,17,23)(H3,18,19,21);1H/t10-;/m1./s1. The molecule has 13 heteroatoms. The number of hydrazone groups is 1. The number of amides is 1. The molecule has 0 fully saturated rings. The number of guanidine groups is 1. The second-order valence-corrected chi connectivity index (χ2v) is 6.81. The smallest absolute Gasteiger partial charge is 0.266 e. The van der Waals surface area contributed by atoms with Gasteiger partial charge in [0, 0.05) is 22.0 Å². The van der Waals surface area contributed by atoms with Crippen LogP contribution in [0.3, 0.4) is 0 Å². The van der Waals surface area contributed by atoms with Gasteiger partial charge in [0.1, 0.15) is 5.10 Å². The molecule has 1 rings (SSSR count). The van der Waals surface area contributed by atoms with E-state index in [4.69, 9.17) is 17.2 Å². The Labute approximate surface area is 173 Å². The molecule has 1 amide bonds. The molecule has 10 nitrogen and oxygen atoms in total. The number of nitro groups is 1. The third-order valence-corrected chi connectivity index (χ3v) is 4.51. The third kappa shape index (κ3) is 8.65. The predicted molar refractivity (Wildman–Crippen MR) is 109 cm³/mol. The Balaban J connectivity index is 0.00000625. The molecular formula is C13H20Br2ClN7O3. The molecule has 0 aliphatic carbocycles. The Bertz CT molecular complexity index is 652. The first-order chi connectivity index (χ1) is 11.7. The molecule has 0 aliphatic heterocycles. The van der Waals surface area contributed by atoms with E-state index >= 15 is 0 Å². The lowest BCUT2D eigenvalue weighted by Crippen LogP contribution is -2.41. The molecule has 26 heavy (non-hydrogen) atoms. The Morgan fingerprint density at radius 3 is 2.38 bits per heavy atom. The van der Waals surface area contributed by atoms with Crippen LogP contribution in [-0.2, 0) is 11.3 Å². The molecule has 0 aliphatic rings. The Morgan fingerprint density at radius 1 is 1.31 bits per heavy atom. The SMILES string of the molecule is Cl.NC(=O)[C@@H](CCCNC(N)=N[N+](=O)[O-])NCc1cc(Br)c(N)c(Br)c1. The van der Waals surface area contributed by atoms with Gasteiger partial charge in [-0.25, -0.2) is 10.1 Å². The van der Waals surface area contributed by atoms with E-state index in [0.717, 1.165) is 14.5 Å². The number of nitrogen functional groups attached to an aromatic ring is 1. The van der Waals surface area contributed by atoms with Crippen molar-refractivity contribution in [3.05, 3.63) is 36.8 Å². The van der Waals surface area contributed by atoms with Crippen LogP contribution in [0.5, 0.6) is 0 Å². The number of benzene rings is 1. The molecule has 1 atom stereocenters. The maximum atomic E-state index is 11.5. The highest BCUT2D eigenvalue weighted by Crippen LogP contribution is 2.29. The van der Waals surface area contributed by atoms with Gasteiger partial charge >= 0.3 is 0 Å². The van der Waals surface area contributed by atoms with Crippen LogP contribution >= 0.6 is 44.3 Å². The number of carbonyl (C=O) groups is 1. The quantitative estimate of drug-likeness (QED) is 0.0812. The minimum atomic E-state index is -0.890. The molecule has 0 aromatic heterocycles. The second-order valence-electron chi connectivity index (χ2n) is 5.10. The summed E-state index contributed by atoms with van der Waals surface area (Å²) in [7, 11) is 0.